The fraction of sp³-hybridized carbons (Fsp3) is 1.00. The molecule has 3 unspecified atom stereocenters. The van der Waals surface area contributed by atoms with Gasteiger partial charge in [-0.25, -0.2) is 0 Å². The number of piperidine rings is 1. The topological polar surface area (TPSA) is 174 Å². The predicted molar refractivity (Wildman–Crippen MR) is 49.5 cm³/mol. The van der Waals surface area contributed by atoms with Crippen LogP contribution in [0.4, 0.5) is 0 Å². The van der Waals surface area contributed by atoms with Crippen LogP contribution < -0.4 is 0 Å². The van der Waals surface area contributed by atoms with Gasteiger partial charge in [-0.15, -0.1) is 20.2 Å². The maximum absolute atomic E-state index is 11.1. The molecule has 1 aliphatic rings. The summed E-state index contributed by atoms with van der Waals surface area (Å²) in [5.74, 6) is 0. The lowest BCUT2D eigenvalue weighted by atomic mass is 10.0. The Morgan fingerprint density at radius 2 is 1.56 bits per heavy atom. The second-order valence-corrected chi connectivity index (χ2v) is 3.36. The maximum atomic E-state index is 11.1. The number of hydrogen-bond donors (Lipinski definition) is 0. The van der Waals surface area contributed by atoms with Crippen molar-refractivity contribution in [1.29, 1.82) is 0 Å². The molecule has 3 atom stereocenters. The molecule has 0 bridgehead atoms. The summed E-state index contributed by atoms with van der Waals surface area (Å²) >= 11 is 0. The van der Waals surface area contributed by atoms with E-state index in [9.17, 15) is 35.6 Å². The van der Waals surface area contributed by atoms with Gasteiger partial charge in [0.05, 0.1) is 6.54 Å². The number of nitro groups is 1. The third-order valence-electron chi connectivity index (χ3n) is 2.22. The van der Waals surface area contributed by atoms with Crippen molar-refractivity contribution >= 4 is 0 Å². The Bertz CT molecular complexity index is 361. The Morgan fingerprint density at radius 3 is 2.00 bits per heavy atom. The van der Waals surface area contributed by atoms with Crippen molar-refractivity contribution < 1.29 is 24.8 Å². The molecule has 18 heavy (non-hydrogen) atoms. The smallest absolute Gasteiger partial charge is 0.295 e. The first-order valence-electron chi connectivity index (χ1n) is 4.49. The SMILES string of the molecule is O=[N+]([O-])OC1CN([O-])CC([N+](=O)[O-])C1O[N+](=O)[O-]. The van der Waals surface area contributed by atoms with E-state index in [1.807, 2.05) is 0 Å². The summed E-state index contributed by atoms with van der Waals surface area (Å²) in [5, 5.41) is 39.6. The molecule has 1 aliphatic heterocycles. The molecular formula is C5H7N4O9-. The van der Waals surface area contributed by atoms with Gasteiger partial charge in [0.1, 0.15) is 0 Å². The molecule has 102 valence electrons. The predicted octanol–water partition coefficient (Wildman–Crippen LogP) is -1.40. The molecule has 0 N–H and O–H groups in total. The molecule has 0 saturated carbocycles. The second-order valence-electron chi connectivity index (χ2n) is 3.36. The van der Waals surface area contributed by atoms with Crippen LogP contribution in [0.15, 0.2) is 0 Å². The average Bonchev–Trinajstić information content (AvgIpc) is 2.19. The van der Waals surface area contributed by atoms with Gasteiger partial charge in [0, 0.05) is 11.5 Å². The minimum atomic E-state index is -1.81. The lowest BCUT2D eigenvalue weighted by molar-refractivity contribution is -0.807. The molecule has 1 rings (SSSR count). The molecule has 0 aromatic heterocycles. The summed E-state index contributed by atoms with van der Waals surface area (Å²) in [6, 6.07) is -1.79. The average molecular weight is 267 g/mol. The van der Waals surface area contributed by atoms with Crippen LogP contribution >= 0.6 is 0 Å². The van der Waals surface area contributed by atoms with Crippen LogP contribution in [-0.2, 0) is 9.68 Å². The highest BCUT2D eigenvalue weighted by Crippen LogP contribution is 2.19. The monoisotopic (exact) mass is 267 g/mol. The third-order valence-corrected chi connectivity index (χ3v) is 2.22. The van der Waals surface area contributed by atoms with Crippen molar-refractivity contribution in [3.8, 4) is 0 Å². The lowest BCUT2D eigenvalue weighted by Gasteiger charge is -2.40. The van der Waals surface area contributed by atoms with Gasteiger partial charge >= 0.3 is 0 Å². The van der Waals surface area contributed by atoms with E-state index in [2.05, 4.69) is 9.68 Å². The summed E-state index contributed by atoms with van der Waals surface area (Å²) in [7, 11) is 0. The first-order chi connectivity index (χ1) is 8.31. The summed E-state index contributed by atoms with van der Waals surface area (Å²) in [6.45, 7) is -1.31. The molecule has 1 saturated heterocycles. The zero-order chi connectivity index (χ0) is 13.9. The van der Waals surface area contributed by atoms with Crippen molar-refractivity contribution in [1.82, 2.24) is 5.06 Å². The molecule has 13 nitrogen and oxygen atoms in total. The fourth-order valence-corrected chi connectivity index (χ4v) is 1.57. The van der Waals surface area contributed by atoms with E-state index in [4.69, 9.17) is 0 Å². The molecule has 0 spiro atoms. The Labute approximate surface area is 97.8 Å². The normalized spacial score (nSPS) is 28.4. The molecule has 13 heteroatoms. The van der Waals surface area contributed by atoms with Crippen molar-refractivity contribution in [2.75, 3.05) is 13.1 Å². The zero-order valence-electron chi connectivity index (χ0n) is 8.61. The van der Waals surface area contributed by atoms with E-state index in [1.165, 1.54) is 0 Å². The van der Waals surface area contributed by atoms with Crippen molar-refractivity contribution in [3.05, 3.63) is 35.6 Å². The molecule has 1 fully saturated rings. The fourth-order valence-electron chi connectivity index (χ4n) is 1.57. The highest BCUT2D eigenvalue weighted by atomic mass is 17.0. The highest BCUT2D eigenvalue weighted by molar-refractivity contribution is 4.88. The molecule has 0 radical (unpaired) electrons. The van der Waals surface area contributed by atoms with E-state index < -0.39 is 46.4 Å². The first-order valence-corrected chi connectivity index (χ1v) is 4.49. The quantitative estimate of drug-likeness (QED) is 0.425. The van der Waals surface area contributed by atoms with Crippen LogP contribution in [0.1, 0.15) is 0 Å². The lowest BCUT2D eigenvalue weighted by Crippen LogP contribution is -2.59. The number of rotatable bonds is 5. The van der Waals surface area contributed by atoms with Crippen molar-refractivity contribution in [2.45, 2.75) is 18.2 Å². The molecule has 0 aliphatic carbocycles. The van der Waals surface area contributed by atoms with Gasteiger partial charge in [0.2, 0.25) is 6.10 Å². The largest absolute Gasteiger partial charge is 0.785 e. The molecular weight excluding hydrogens is 260 g/mol. The van der Waals surface area contributed by atoms with Crippen LogP contribution in [-0.4, -0.2) is 51.5 Å². The van der Waals surface area contributed by atoms with E-state index in [1.54, 1.807) is 0 Å². The van der Waals surface area contributed by atoms with Gasteiger partial charge in [-0.05, 0) is 0 Å². The summed E-state index contributed by atoms with van der Waals surface area (Å²) in [4.78, 5) is 38.0. The zero-order valence-corrected chi connectivity index (χ0v) is 8.61. The second kappa shape index (κ2) is 5.37. The number of hydrogen-bond acceptors (Lipinski definition) is 10. The van der Waals surface area contributed by atoms with Crippen LogP contribution in [0.5, 0.6) is 0 Å². The van der Waals surface area contributed by atoms with E-state index in [-0.39, 0.29) is 5.06 Å². The van der Waals surface area contributed by atoms with Gasteiger partial charge in [-0.2, -0.15) is 0 Å². The first kappa shape index (κ1) is 13.8. The van der Waals surface area contributed by atoms with Crippen LogP contribution in [0.2, 0.25) is 0 Å². The Hall–Kier alpha value is -2.28. The summed E-state index contributed by atoms with van der Waals surface area (Å²) in [5.41, 5.74) is 0. The summed E-state index contributed by atoms with van der Waals surface area (Å²) < 4.78 is 0. The minimum Gasteiger partial charge on any atom is -0.785 e. The molecule has 0 aromatic rings. The van der Waals surface area contributed by atoms with Crippen molar-refractivity contribution in [3.63, 3.8) is 0 Å². The Kier molecular flexibility index (Phi) is 4.11. The Balaban J connectivity index is 2.91. The molecule has 0 amide bonds. The van der Waals surface area contributed by atoms with Gasteiger partial charge < -0.3 is 19.9 Å². The van der Waals surface area contributed by atoms with Gasteiger partial charge in [-0.1, -0.05) is 0 Å². The van der Waals surface area contributed by atoms with Gasteiger partial charge in [0.25, 0.3) is 16.2 Å². The van der Waals surface area contributed by atoms with E-state index in [0.717, 1.165) is 0 Å². The van der Waals surface area contributed by atoms with Gasteiger partial charge in [0.15, 0.2) is 6.10 Å². The molecule has 0 aromatic carbocycles. The van der Waals surface area contributed by atoms with E-state index in [0.29, 0.717) is 0 Å². The van der Waals surface area contributed by atoms with Crippen molar-refractivity contribution in [2.24, 2.45) is 0 Å². The maximum Gasteiger partial charge on any atom is 0.295 e. The van der Waals surface area contributed by atoms with Crippen LogP contribution in [0, 0.1) is 35.6 Å². The van der Waals surface area contributed by atoms with E-state index >= 15 is 0 Å². The van der Waals surface area contributed by atoms with Crippen LogP contribution in [0.25, 0.3) is 0 Å². The standard InChI is InChI=1S/C5H7N4O9/c10-6-1-3(7(11)12)5(18-9(15)16)4(2-6)17-8(13)14/h3-5H,1-2H2/q-1. The highest BCUT2D eigenvalue weighted by Gasteiger charge is 2.46. The summed E-state index contributed by atoms with van der Waals surface area (Å²) in [6.07, 6.45) is -3.52. The Morgan fingerprint density at radius 1 is 1.00 bits per heavy atom. The van der Waals surface area contributed by atoms with Crippen LogP contribution in [0.3, 0.4) is 0 Å². The van der Waals surface area contributed by atoms with Gasteiger partial charge in [-0.3, -0.25) is 10.1 Å². The molecule has 1 heterocycles. The third kappa shape index (κ3) is 3.36. The number of hydroxylamine groups is 2. The number of nitrogens with zero attached hydrogens (tertiary/aromatic N) is 4. The minimum absolute atomic E-state index is 0.154.